The third-order valence-electron chi connectivity index (χ3n) is 3.90. The molecule has 1 aromatic carbocycles. The Balaban J connectivity index is 1.66. The molecule has 0 unspecified atom stereocenters. The number of hydrogen-bond donors (Lipinski definition) is 0. The second kappa shape index (κ2) is 21.8. The second-order valence-corrected chi connectivity index (χ2v) is 6.70. The van der Waals surface area contributed by atoms with Crippen LogP contribution in [0.3, 0.4) is 0 Å². The first-order valence-electron chi connectivity index (χ1n) is 10.6. The van der Waals surface area contributed by atoms with Crippen LogP contribution in [0.25, 0.3) is 0 Å². The number of para-hydroxylation sites is 1. The highest BCUT2D eigenvalue weighted by Gasteiger charge is 1.95. The standard InChI is InChI=1S/C22H37ClO6/c23-10-6-1-2-7-11-24-12-13-25-14-15-26-16-17-27-18-19-28-20-21-29-22-8-4-3-5-9-22/h3-5,8-9H,1-2,6-7,10-21H2. The molecule has 168 valence electrons. The molecule has 0 aliphatic rings. The van der Waals surface area contributed by atoms with Crippen LogP contribution in [0.15, 0.2) is 30.3 Å². The van der Waals surface area contributed by atoms with E-state index < -0.39 is 0 Å². The number of rotatable bonds is 22. The summed E-state index contributed by atoms with van der Waals surface area (Å²) in [5.41, 5.74) is 0. The summed E-state index contributed by atoms with van der Waals surface area (Å²) in [5.74, 6) is 1.61. The average Bonchev–Trinajstić information content (AvgIpc) is 2.75. The van der Waals surface area contributed by atoms with Crippen LogP contribution in [-0.4, -0.2) is 78.6 Å². The lowest BCUT2D eigenvalue weighted by Crippen LogP contribution is -2.14. The van der Waals surface area contributed by atoms with Gasteiger partial charge in [-0.05, 0) is 25.0 Å². The molecule has 0 bridgehead atoms. The number of hydrogen-bond acceptors (Lipinski definition) is 6. The maximum Gasteiger partial charge on any atom is 0.119 e. The van der Waals surface area contributed by atoms with Crippen molar-refractivity contribution in [1.29, 1.82) is 0 Å². The third kappa shape index (κ3) is 18.9. The Morgan fingerprint density at radius 2 is 0.931 bits per heavy atom. The van der Waals surface area contributed by atoms with Crippen LogP contribution in [0.5, 0.6) is 5.75 Å². The lowest BCUT2D eigenvalue weighted by Gasteiger charge is -2.08. The summed E-state index contributed by atoms with van der Waals surface area (Å²) in [5, 5.41) is 0. The van der Waals surface area contributed by atoms with E-state index in [0.29, 0.717) is 66.1 Å². The Morgan fingerprint density at radius 3 is 1.45 bits per heavy atom. The summed E-state index contributed by atoms with van der Waals surface area (Å²) in [7, 11) is 0. The molecular weight excluding hydrogens is 396 g/mol. The summed E-state index contributed by atoms with van der Waals surface area (Å²) in [4.78, 5) is 0. The van der Waals surface area contributed by atoms with E-state index in [1.165, 1.54) is 12.8 Å². The lowest BCUT2D eigenvalue weighted by atomic mass is 10.2. The Morgan fingerprint density at radius 1 is 0.483 bits per heavy atom. The minimum absolute atomic E-state index is 0.534. The van der Waals surface area contributed by atoms with Gasteiger partial charge in [0.2, 0.25) is 0 Å². The zero-order chi connectivity index (χ0) is 20.7. The van der Waals surface area contributed by atoms with E-state index in [2.05, 4.69) is 0 Å². The zero-order valence-corrected chi connectivity index (χ0v) is 18.3. The molecule has 0 radical (unpaired) electrons. The van der Waals surface area contributed by atoms with Crippen LogP contribution < -0.4 is 4.74 Å². The minimum Gasteiger partial charge on any atom is -0.491 e. The monoisotopic (exact) mass is 432 g/mol. The Labute approximate surface area is 180 Å². The average molecular weight is 433 g/mol. The molecule has 7 heteroatoms. The van der Waals surface area contributed by atoms with Gasteiger partial charge in [-0.1, -0.05) is 31.0 Å². The first-order chi connectivity index (χ1) is 14.4. The van der Waals surface area contributed by atoms with E-state index in [9.17, 15) is 0 Å². The van der Waals surface area contributed by atoms with Gasteiger partial charge in [0, 0.05) is 12.5 Å². The van der Waals surface area contributed by atoms with E-state index >= 15 is 0 Å². The molecule has 0 aliphatic carbocycles. The van der Waals surface area contributed by atoms with E-state index in [1.54, 1.807) is 0 Å². The molecule has 0 amide bonds. The molecule has 0 saturated carbocycles. The van der Waals surface area contributed by atoms with E-state index in [0.717, 1.165) is 31.1 Å². The topological polar surface area (TPSA) is 55.4 Å². The van der Waals surface area contributed by atoms with Gasteiger partial charge in [0.05, 0.1) is 59.5 Å². The van der Waals surface area contributed by atoms with E-state index in [1.807, 2.05) is 30.3 Å². The summed E-state index contributed by atoms with van der Waals surface area (Å²) in [6, 6.07) is 9.70. The van der Waals surface area contributed by atoms with Crippen LogP contribution in [0.2, 0.25) is 0 Å². The van der Waals surface area contributed by atoms with Crippen molar-refractivity contribution in [3.05, 3.63) is 30.3 Å². The summed E-state index contributed by atoms with van der Waals surface area (Å²) in [6.07, 6.45) is 4.54. The van der Waals surface area contributed by atoms with Crippen LogP contribution in [0, 0.1) is 0 Å². The lowest BCUT2D eigenvalue weighted by molar-refractivity contribution is -0.0128. The first-order valence-corrected chi connectivity index (χ1v) is 11.1. The first kappa shape index (κ1) is 26.1. The van der Waals surface area contributed by atoms with Gasteiger partial charge in [0.15, 0.2) is 0 Å². The van der Waals surface area contributed by atoms with Gasteiger partial charge < -0.3 is 28.4 Å². The zero-order valence-electron chi connectivity index (χ0n) is 17.5. The van der Waals surface area contributed by atoms with Crippen molar-refractivity contribution in [3.63, 3.8) is 0 Å². The van der Waals surface area contributed by atoms with Gasteiger partial charge in [-0.2, -0.15) is 0 Å². The maximum atomic E-state index is 5.63. The van der Waals surface area contributed by atoms with Crippen molar-refractivity contribution < 1.29 is 28.4 Å². The highest BCUT2D eigenvalue weighted by atomic mass is 35.5. The summed E-state index contributed by atoms with van der Waals surface area (Å²) in [6.45, 7) is 6.46. The molecule has 29 heavy (non-hydrogen) atoms. The highest BCUT2D eigenvalue weighted by molar-refractivity contribution is 6.17. The quantitative estimate of drug-likeness (QED) is 0.204. The fraction of sp³-hybridized carbons (Fsp3) is 0.727. The second-order valence-electron chi connectivity index (χ2n) is 6.33. The number of halogens is 1. The molecule has 1 aromatic rings. The molecule has 6 nitrogen and oxygen atoms in total. The van der Waals surface area contributed by atoms with Crippen LogP contribution in [0.4, 0.5) is 0 Å². The van der Waals surface area contributed by atoms with Crippen molar-refractivity contribution >= 4 is 11.6 Å². The molecule has 0 fully saturated rings. The van der Waals surface area contributed by atoms with E-state index in [4.69, 9.17) is 40.0 Å². The summed E-state index contributed by atoms with van der Waals surface area (Å²) < 4.78 is 32.8. The minimum atomic E-state index is 0.534. The highest BCUT2D eigenvalue weighted by Crippen LogP contribution is 2.07. The van der Waals surface area contributed by atoms with Crippen LogP contribution in [-0.2, 0) is 23.7 Å². The fourth-order valence-electron chi connectivity index (χ4n) is 2.37. The predicted octanol–water partition coefficient (Wildman–Crippen LogP) is 3.95. The largest absolute Gasteiger partial charge is 0.491 e. The third-order valence-corrected chi connectivity index (χ3v) is 4.17. The van der Waals surface area contributed by atoms with Crippen molar-refractivity contribution in [2.24, 2.45) is 0 Å². The van der Waals surface area contributed by atoms with Crippen molar-refractivity contribution in [1.82, 2.24) is 0 Å². The molecule has 0 saturated heterocycles. The summed E-state index contributed by atoms with van der Waals surface area (Å²) >= 11 is 5.63. The van der Waals surface area contributed by atoms with Gasteiger partial charge in [-0.3, -0.25) is 0 Å². The smallest absolute Gasteiger partial charge is 0.119 e. The molecule has 0 atom stereocenters. The number of alkyl halides is 1. The molecule has 0 heterocycles. The number of ether oxygens (including phenoxy) is 6. The molecule has 0 aromatic heterocycles. The normalized spacial score (nSPS) is 11.1. The molecule has 1 rings (SSSR count). The SMILES string of the molecule is ClCCCCCCOCCOCCOCCOCCOCCOc1ccccc1. The van der Waals surface area contributed by atoms with E-state index in [-0.39, 0.29) is 0 Å². The van der Waals surface area contributed by atoms with Gasteiger partial charge >= 0.3 is 0 Å². The van der Waals surface area contributed by atoms with Crippen molar-refractivity contribution in [2.75, 3.05) is 78.6 Å². The van der Waals surface area contributed by atoms with Crippen LogP contribution >= 0.6 is 11.6 Å². The molecule has 0 spiro atoms. The molecular formula is C22H37ClO6. The van der Waals surface area contributed by atoms with Gasteiger partial charge in [-0.15, -0.1) is 11.6 Å². The van der Waals surface area contributed by atoms with Crippen molar-refractivity contribution in [2.45, 2.75) is 25.7 Å². The van der Waals surface area contributed by atoms with Crippen molar-refractivity contribution in [3.8, 4) is 5.75 Å². The van der Waals surface area contributed by atoms with Gasteiger partial charge in [0.1, 0.15) is 12.4 Å². The maximum absolute atomic E-state index is 5.63. The fourth-order valence-corrected chi connectivity index (χ4v) is 2.56. The number of unbranched alkanes of at least 4 members (excludes halogenated alkanes) is 3. The van der Waals surface area contributed by atoms with Crippen LogP contribution in [0.1, 0.15) is 25.7 Å². The molecule has 0 N–H and O–H groups in total. The number of benzene rings is 1. The van der Waals surface area contributed by atoms with Gasteiger partial charge in [0.25, 0.3) is 0 Å². The van der Waals surface area contributed by atoms with Gasteiger partial charge in [-0.25, -0.2) is 0 Å². The Bertz CT molecular complexity index is 435. The Hall–Kier alpha value is -0.890. The molecule has 0 aliphatic heterocycles. The Kier molecular flexibility index (Phi) is 19.7. The predicted molar refractivity (Wildman–Crippen MR) is 115 cm³/mol.